The summed E-state index contributed by atoms with van der Waals surface area (Å²) in [5, 5.41) is 3.19. The Morgan fingerprint density at radius 3 is 1.72 bits per heavy atom. The van der Waals surface area contributed by atoms with Crippen LogP contribution in [0.25, 0.3) is 0 Å². The van der Waals surface area contributed by atoms with Gasteiger partial charge in [-0.1, -0.05) is 103 Å². The van der Waals surface area contributed by atoms with Crippen LogP contribution in [0.4, 0.5) is 5.69 Å². The van der Waals surface area contributed by atoms with E-state index in [4.69, 9.17) is 21.1 Å². The number of benzene rings is 4. The van der Waals surface area contributed by atoms with Gasteiger partial charge in [-0.05, 0) is 22.8 Å². The number of rotatable bonds is 8. The van der Waals surface area contributed by atoms with Gasteiger partial charge in [-0.25, -0.2) is 4.79 Å². The first-order valence-electron chi connectivity index (χ1n) is 11.4. The molecule has 0 aliphatic rings. The Morgan fingerprint density at radius 2 is 1.25 bits per heavy atom. The third-order valence-corrected chi connectivity index (χ3v) is 6.36. The first kappa shape index (κ1) is 25.0. The van der Waals surface area contributed by atoms with E-state index < -0.39 is 11.9 Å². The zero-order chi connectivity index (χ0) is 25.5. The van der Waals surface area contributed by atoms with E-state index in [2.05, 4.69) is 5.32 Å². The van der Waals surface area contributed by atoms with Crippen LogP contribution < -0.4 is 10.1 Å². The third-order valence-electron chi connectivity index (χ3n) is 6.04. The maximum atomic E-state index is 14.0. The number of hydrogen-bond acceptors (Lipinski definition) is 4. The summed E-state index contributed by atoms with van der Waals surface area (Å²) in [4.78, 5) is 26.2. The van der Waals surface area contributed by atoms with Crippen LogP contribution in [0.2, 0.25) is 5.02 Å². The maximum Gasteiger partial charge on any atom is 0.341 e. The summed E-state index contributed by atoms with van der Waals surface area (Å²) in [7, 11) is 2.72. The zero-order valence-electron chi connectivity index (χ0n) is 20.0. The van der Waals surface area contributed by atoms with Gasteiger partial charge in [0, 0.05) is 12.0 Å². The Morgan fingerprint density at radius 1 is 0.750 bits per heavy atom. The molecule has 4 rings (SSSR count). The highest BCUT2D eigenvalue weighted by Crippen LogP contribution is 2.40. The molecule has 0 aliphatic carbocycles. The van der Waals surface area contributed by atoms with Gasteiger partial charge < -0.3 is 14.8 Å². The van der Waals surface area contributed by atoms with Gasteiger partial charge in [-0.15, -0.1) is 0 Å². The molecule has 0 radical (unpaired) electrons. The van der Waals surface area contributed by atoms with Crippen LogP contribution in [0, 0.1) is 0 Å². The quantitative estimate of drug-likeness (QED) is 0.274. The fourth-order valence-electron chi connectivity index (χ4n) is 4.35. The second kappa shape index (κ2) is 11.6. The molecule has 1 unspecified atom stereocenters. The largest absolute Gasteiger partial charge is 0.496 e. The van der Waals surface area contributed by atoms with E-state index in [1.807, 2.05) is 91.0 Å². The zero-order valence-corrected chi connectivity index (χ0v) is 20.7. The van der Waals surface area contributed by atoms with Crippen molar-refractivity contribution < 1.29 is 19.1 Å². The Kier molecular flexibility index (Phi) is 8.03. The Labute approximate surface area is 215 Å². The summed E-state index contributed by atoms with van der Waals surface area (Å²) >= 11 is 6.49. The minimum Gasteiger partial charge on any atom is -0.496 e. The number of methoxy groups -OCH3 is 2. The number of halogens is 1. The summed E-state index contributed by atoms with van der Waals surface area (Å²) in [6.45, 7) is 0. The predicted molar refractivity (Wildman–Crippen MR) is 142 cm³/mol. The summed E-state index contributed by atoms with van der Waals surface area (Å²) in [6, 6.07) is 32.6. The number of hydrogen-bond donors (Lipinski definition) is 1. The molecule has 0 aromatic heterocycles. The van der Waals surface area contributed by atoms with Crippen molar-refractivity contribution in [2.45, 2.75) is 11.8 Å². The summed E-state index contributed by atoms with van der Waals surface area (Å²) in [6.07, 6.45) is 0. The molecule has 1 amide bonds. The fourth-order valence-corrected chi connectivity index (χ4v) is 4.56. The molecule has 0 heterocycles. The van der Waals surface area contributed by atoms with Gasteiger partial charge in [0.2, 0.25) is 5.91 Å². The second-order valence-electron chi connectivity index (χ2n) is 8.20. The summed E-state index contributed by atoms with van der Waals surface area (Å²) < 4.78 is 10.2. The number of carbonyl (C=O) groups excluding carboxylic acids is 2. The van der Waals surface area contributed by atoms with Gasteiger partial charge in [-0.2, -0.15) is 0 Å². The van der Waals surface area contributed by atoms with Crippen molar-refractivity contribution in [1.82, 2.24) is 0 Å². The number of esters is 1. The van der Waals surface area contributed by atoms with Crippen LogP contribution >= 0.6 is 11.6 Å². The van der Waals surface area contributed by atoms with Crippen LogP contribution in [-0.4, -0.2) is 26.1 Å². The average molecular weight is 500 g/mol. The standard InChI is InChI=1S/C30H26ClNO4/c1-35-26-19-25(24(31)18-23(26)30(34)36-2)32-29(33)28(22-16-10-5-11-17-22)27(20-12-6-3-7-13-20)21-14-8-4-9-15-21/h3-19,27-28H,1-2H3,(H,32,33). The molecule has 0 saturated carbocycles. The maximum absolute atomic E-state index is 14.0. The monoisotopic (exact) mass is 499 g/mol. The molecule has 5 nitrogen and oxygen atoms in total. The lowest BCUT2D eigenvalue weighted by atomic mass is 9.76. The van der Waals surface area contributed by atoms with E-state index in [-0.39, 0.29) is 28.2 Å². The molecule has 4 aromatic carbocycles. The normalized spacial score (nSPS) is 11.6. The van der Waals surface area contributed by atoms with Crippen LogP contribution in [0.3, 0.4) is 0 Å². The Balaban J connectivity index is 1.80. The van der Waals surface area contributed by atoms with Crippen molar-refractivity contribution in [3.05, 3.63) is 130 Å². The topological polar surface area (TPSA) is 64.6 Å². The smallest absolute Gasteiger partial charge is 0.341 e. The van der Waals surface area contributed by atoms with E-state index in [1.165, 1.54) is 26.4 Å². The number of anilines is 1. The molecule has 0 saturated heterocycles. The number of amides is 1. The number of nitrogens with one attached hydrogen (secondary N) is 1. The first-order chi connectivity index (χ1) is 17.5. The molecule has 0 aliphatic heterocycles. The van der Waals surface area contributed by atoms with Crippen molar-refractivity contribution in [2.24, 2.45) is 0 Å². The third kappa shape index (κ3) is 5.42. The molecular formula is C30H26ClNO4. The summed E-state index contributed by atoms with van der Waals surface area (Å²) in [5.41, 5.74) is 3.40. The van der Waals surface area contributed by atoms with Crippen LogP contribution in [0.15, 0.2) is 103 Å². The lowest BCUT2D eigenvalue weighted by molar-refractivity contribution is -0.117. The van der Waals surface area contributed by atoms with Crippen LogP contribution in [0.1, 0.15) is 38.9 Å². The molecule has 0 bridgehead atoms. The van der Waals surface area contributed by atoms with Crippen LogP contribution in [-0.2, 0) is 9.53 Å². The average Bonchev–Trinajstić information content (AvgIpc) is 2.93. The number of carbonyl (C=O) groups is 2. The lowest BCUT2D eigenvalue weighted by Crippen LogP contribution is -2.27. The first-order valence-corrected chi connectivity index (χ1v) is 11.8. The Hall–Kier alpha value is -4.09. The van der Waals surface area contributed by atoms with Crippen molar-refractivity contribution in [1.29, 1.82) is 0 Å². The van der Waals surface area contributed by atoms with E-state index in [9.17, 15) is 9.59 Å². The van der Waals surface area contributed by atoms with Gasteiger partial charge in [0.05, 0.1) is 30.8 Å². The van der Waals surface area contributed by atoms with Gasteiger partial charge >= 0.3 is 5.97 Å². The molecular weight excluding hydrogens is 474 g/mol. The molecule has 0 fully saturated rings. The van der Waals surface area contributed by atoms with Gasteiger partial charge in [-0.3, -0.25) is 4.79 Å². The molecule has 4 aromatic rings. The van der Waals surface area contributed by atoms with Gasteiger partial charge in [0.1, 0.15) is 11.3 Å². The molecule has 1 N–H and O–H groups in total. The van der Waals surface area contributed by atoms with Crippen molar-refractivity contribution in [2.75, 3.05) is 19.5 Å². The van der Waals surface area contributed by atoms with Crippen LogP contribution in [0.5, 0.6) is 5.75 Å². The highest BCUT2D eigenvalue weighted by atomic mass is 35.5. The Bertz CT molecular complexity index is 1290. The van der Waals surface area contributed by atoms with E-state index in [1.54, 1.807) is 0 Å². The molecule has 182 valence electrons. The number of ether oxygens (including phenoxy) is 2. The molecule has 0 spiro atoms. The molecule has 1 atom stereocenters. The SMILES string of the molecule is COC(=O)c1cc(Cl)c(NC(=O)C(c2ccccc2)C(c2ccccc2)c2ccccc2)cc1OC. The summed E-state index contributed by atoms with van der Waals surface area (Å²) in [5.74, 6) is -1.40. The van der Waals surface area contributed by atoms with Crippen molar-refractivity contribution >= 4 is 29.2 Å². The molecule has 36 heavy (non-hydrogen) atoms. The van der Waals surface area contributed by atoms with Crippen molar-refractivity contribution in [3.8, 4) is 5.75 Å². The highest BCUT2D eigenvalue weighted by Gasteiger charge is 2.33. The van der Waals surface area contributed by atoms with E-state index in [0.717, 1.165) is 16.7 Å². The lowest BCUT2D eigenvalue weighted by Gasteiger charge is -2.28. The van der Waals surface area contributed by atoms with E-state index in [0.29, 0.717) is 5.69 Å². The second-order valence-corrected chi connectivity index (χ2v) is 8.61. The fraction of sp³-hybridized carbons (Fsp3) is 0.133. The highest BCUT2D eigenvalue weighted by molar-refractivity contribution is 6.34. The van der Waals surface area contributed by atoms with Gasteiger partial charge in [0.15, 0.2) is 0 Å². The minimum absolute atomic E-state index is 0.175. The van der Waals surface area contributed by atoms with Crippen molar-refractivity contribution in [3.63, 3.8) is 0 Å². The molecule has 6 heteroatoms. The minimum atomic E-state index is -0.581. The predicted octanol–water partition coefficient (Wildman–Crippen LogP) is 6.69. The van der Waals surface area contributed by atoms with Gasteiger partial charge in [0.25, 0.3) is 0 Å². The van der Waals surface area contributed by atoms with E-state index >= 15 is 0 Å².